The second-order valence-corrected chi connectivity index (χ2v) is 5.01. The summed E-state index contributed by atoms with van der Waals surface area (Å²) in [7, 11) is 0. The molecule has 4 heteroatoms. The molecule has 0 radical (unpaired) electrons. The van der Waals surface area contributed by atoms with E-state index in [1.54, 1.807) is 24.3 Å². The minimum absolute atomic E-state index is 0.215. The summed E-state index contributed by atoms with van der Waals surface area (Å²) in [6, 6.07) is 12.1. The van der Waals surface area contributed by atoms with Crippen molar-refractivity contribution in [2.45, 2.75) is 25.5 Å². The van der Waals surface area contributed by atoms with Crippen molar-refractivity contribution >= 4 is 0 Å². The van der Waals surface area contributed by atoms with Crippen molar-refractivity contribution in [3.63, 3.8) is 0 Å². The van der Waals surface area contributed by atoms with Crippen LogP contribution in [0, 0.1) is 11.6 Å². The number of rotatable bonds is 6. The van der Waals surface area contributed by atoms with Gasteiger partial charge in [-0.2, -0.15) is 0 Å². The zero-order valence-corrected chi connectivity index (χ0v) is 11.9. The topological polar surface area (TPSA) is 32.3 Å². The first-order chi connectivity index (χ1) is 10.1. The Balaban J connectivity index is 2.25. The molecule has 112 valence electrons. The Morgan fingerprint density at radius 3 is 1.71 bits per heavy atom. The molecule has 2 aromatic carbocycles. The average Bonchev–Trinajstić information content (AvgIpc) is 2.50. The van der Waals surface area contributed by atoms with E-state index >= 15 is 0 Å². The highest BCUT2D eigenvalue weighted by atomic mass is 19.1. The van der Waals surface area contributed by atoms with E-state index in [-0.39, 0.29) is 17.7 Å². The number of hydrogen-bond donors (Lipinski definition) is 2. The van der Waals surface area contributed by atoms with Gasteiger partial charge in [0.15, 0.2) is 0 Å². The zero-order chi connectivity index (χ0) is 15.2. The summed E-state index contributed by atoms with van der Waals surface area (Å²) in [6.45, 7) is 2.31. The van der Waals surface area contributed by atoms with Crippen molar-refractivity contribution < 1.29 is 13.9 Å². The Bertz CT molecular complexity index is 509. The van der Waals surface area contributed by atoms with Crippen LogP contribution in [0.3, 0.4) is 0 Å². The van der Waals surface area contributed by atoms with Crippen LogP contribution in [0.15, 0.2) is 48.5 Å². The van der Waals surface area contributed by atoms with E-state index in [4.69, 9.17) is 0 Å². The lowest BCUT2D eigenvalue weighted by Gasteiger charge is -2.21. The second kappa shape index (κ2) is 7.29. The van der Waals surface area contributed by atoms with Crippen molar-refractivity contribution in [2.75, 3.05) is 6.54 Å². The highest BCUT2D eigenvalue weighted by molar-refractivity contribution is 5.32. The van der Waals surface area contributed by atoms with Crippen molar-refractivity contribution in [2.24, 2.45) is 0 Å². The molecule has 2 rings (SSSR count). The van der Waals surface area contributed by atoms with Crippen LogP contribution >= 0.6 is 0 Å². The molecule has 2 nitrogen and oxygen atoms in total. The summed E-state index contributed by atoms with van der Waals surface area (Å²) in [5.41, 5.74) is 1.73. The summed E-state index contributed by atoms with van der Waals surface area (Å²) in [5.74, 6) is -0.601. The van der Waals surface area contributed by atoms with Gasteiger partial charge in [0, 0.05) is 6.54 Å². The van der Waals surface area contributed by atoms with Gasteiger partial charge in [0.25, 0.3) is 0 Å². The number of aliphatic hydroxyl groups is 1. The fraction of sp³-hybridized carbons (Fsp3) is 0.294. The van der Waals surface area contributed by atoms with Crippen molar-refractivity contribution in [1.82, 2.24) is 5.32 Å². The molecule has 0 spiro atoms. The number of nitrogens with one attached hydrogen (secondary N) is 1. The van der Waals surface area contributed by atoms with Crippen molar-refractivity contribution in [3.8, 4) is 0 Å². The number of halogens is 2. The normalized spacial score (nSPS) is 12.6. The Morgan fingerprint density at radius 2 is 1.33 bits per heavy atom. The van der Waals surface area contributed by atoms with Gasteiger partial charge in [0.05, 0.1) is 12.1 Å². The lowest BCUT2D eigenvalue weighted by Crippen LogP contribution is -2.30. The van der Waals surface area contributed by atoms with Crippen molar-refractivity contribution in [1.29, 1.82) is 0 Å². The fourth-order valence-electron chi connectivity index (χ4n) is 2.14. The molecule has 0 aliphatic rings. The van der Waals surface area contributed by atoms with Gasteiger partial charge in [-0.15, -0.1) is 0 Å². The largest absolute Gasteiger partial charge is 0.392 e. The Hall–Kier alpha value is -1.78. The van der Waals surface area contributed by atoms with Crippen LogP contribution in [0.25, 0.3) is 0 Å². The molecule has 0 saturated carbocycles. The van der Waals surface area contributed by atoms with Gasteiger partial charge >= 0.3 is 0 Å². The number of hydrogen-bond acceptors (Lipinski definition) is 2. The third kappa shape index (κ3) is 4.34. The molecule has 0 saturated heterocycles. The zero-order valence-electron chi connectivity index (χ0n) is 11.9. The first-order valence-corrected chi connectivity index (χ1v) is 7.02. The molecule has 0 fully saturated rings. The van der Waals surface area contributed by atoms with Gasteiger partial charge < -0.3 is 10.4 Å². The van der Waals surface area contributed by atoms with Crippen molar-refractivity contribution in [3.05, 3.63) is 71.3 Å². The molecule has 0 unspecified atom stereocenters. The summed E-state index contributed by atoms with van der Waals surface area (Å²) in [4.78, 5) is 0. The van der Waals surface area contributed by atoms with Gasteiger partial charge in [-0.25, -0.2) is 8.78 Å². The molecule has 0 amide bonds. The first kappa shape index (κ1) is 15.6. The summed E-state index contributed by atoms with van der Waals surface area (Å²) < 4.78 is 26.1. The molecule has 0 aliphatic carbocycles. The molecule has 0 aliphatic heterocycles. The Morgan fingerprint density at radius 1 is 0.905 bits per heavy atom. The number of benzene rings is 2. The van der Waals surface area contributed by atoms with Gasteiger partial charge in [-0.1, -0.05) is 31.2 Å². The van der Waals surface area contributed by atoms with Crippen LogP contribution in [-0.2, 0) is 0 Å². The molecular weight excluding hydrogens is 272 g/mol. The predicted octanol–water partition coefficient (Wildman–Crippen LogP) is 3.41. The maximum absolute atomic E-state index is 13.1. The van der Waals surface area contributed by atoms with Gasteiger partial charge in [0.2, 0.25) is 0 Å². The van der Waals surface area contributed by atoms with Crippen LogP contribution in [0.4, 0.5) is 8.78 Å². The quantitative estimate of drug-likeness (QED) is 0.855. The first-order valence-electron chi connectivity index (χ1n) is 7.02. The van der Waals surface area contributed by atoms with E-state index < -0.39 is 6.10 Å². The van der Waals surface area contributed by atoms with Crippen LogP contribution in [-0.4, -0.2) is 17.8 Å². The lowest BCUT2D eigenvalue weighted by molar-refractivity contribution is 0.165. The van der Waals surface area contributed by atoms with Crippen LogP contribution < -0.4 is 5.32 Å². The summed E-state index contributed by atoms with van der Waals surface area (Å²) in [6.07, 6.45) is 0.195. The molecule has 2 aromatic rings. The van der Waals surface area contributed by atoms with E-state index in [1.807, 2.05) is 6.92 Å². The van der Waals surface area contributed by atoms with Gasteiger partial charge in [0.1, 0.15) is 11.6 Å². The van der Waals surface area contributed by atoms with E-state index in [0.29, 0.717) is 13.0 Å². The predicted molar refractivity (Wildman–Crippen MR) is 78.9 cm³/mol. The Kier molecular flexibility index (Phi) is 5.42. The second-order valence-electron chi connectivity index (χ2n) is 5.01. The van der Waals surface area contributed by atoms with Crippen LogP contribution in [0.5, 0.6) is 0 Å². The Labute approximate surface area is 123 Å². The van der Waals surface area contributed by atoms with Gasteiger partial charge in [-0.3, -0.25) is 0 Å². The fourth-order valence-corrected chi connectivity index (χ4v) is 2.14. The SMILES string of the molecule is CC[C@@H](O)CNC(c1ccc(F)cc1)c1ccc(F)cc1. The minimum atomic E-state index is -0.451. The lowest BCUT2D eigenvalue weighted by atomic mass is 9.98. The molecule has 0 aromatic heterocycles. The highest BCUT2D eigenvalue weighted by Crippen LogP contribution is 2.22. The van der Waals surface area contributed by atoms with Crippen LogP contribution in [0.1, 0.15) is 30.5 Å². The average molecular weight is 291 g/mol. The van der Waals surface area contributed by atoms with Gasteiger partial charge in [-0.05, 0) is 41.8 Å². The molecule has 1 atom stereocenters. The smallest absolute Gasteiger partial charge is 0.123 e. The monoisotopic (exact) mass is 291 g/mol. The summed E-state index contributed by atoms with van der Waals surface area (Å²) >= 11 is 0. The highest BCUT2D eigenvalue weighted by Gasteiger charge is 2.15. The number of aliphatic hydroxyl groups excluding tert-OH is 1. The van der Waals surface area contributed by atoms with E-state index in [0.717, 1.165) is 11.1 Å². The maximum atomic E-state index is 13.1. The third-order valence-corrected chi connectivity index (χ3v) is 3.44. The molecule has 2 N–H and O–H groups in total. The van der Waals surface area contributed by atoms with E-state index in [2.05, 4.69) is 5.32 Å². The van der Waals surface area contributed by atoms with E-state index in [1.165, 1.54) is 24.3 Å². The molecule has 0 heterocycles. The summed E-state index contributed by atoms with van der Waals surface area (Å²) in [5, 5.41) is 13.0. The molecular formula is C17H19F2NO. The third-order valence-electron chi connectivity index (χ3n) is 3.44. The molecule has 0 bridgehead atoms. The van der Waals surface area contributed by atoms with E-state index in [9.17, 15) is 13.9 Å². The maximum Gasteiger partial charge on any atom is 0.123 e. The standard InChI is InChI=1S/C17H19F2NO/c1-2-16(21)11-20-17(12-3-7-14(18)8-4-12)13-5-9-15(19)10-6-13/h3-10,16-17,20-21H,2,11H2,1H3/t16-/m1/s1. The minimum Gasteiger partial charge on any atom is -0.392 e. The molecule has 21 heavy (non-hydrogen) atoms. The van der Waals surface area contributed by atoms with Crippen LogP contribution in [0.2, 0.25) is 0 Å².